The van der Waals surface area contributed by atoms with Gasteiger partial charge in [0.25, 0.3) is 0 Å². The highest BCUT2D eigenvalue weighted by Gasteiger charge is 2.08. The lowest BCUT2D eigenvalue weighted by Gasteiger charge is -1.98. The van der Waals surface area contributed by atoms with E-state index in [0.717, 1.165) is 0 Å². The summed E-state index contributed by atoms with van der Waals surface area (Å²) in [5.41, 5.74) is 0.720. The van der Waals surface area contributed by atoms with E-state index >= 15 is 0 Å². The van der Waals surface area contributed by atoms with Gasteiger partial charge in [-0.3, -0.25) is 4.79 Å². The average Bonchev–Trinajstić information content (AvgIpc) is 2.28. The minimum Gasteiger partial charge on any atom is -0.293 e. The van der Waals surface area contributed by atoms with E-state index in [-0.39, 0.29) is 28.9 Å². The molecule has 0 radical (unpaired) electrons. The zero-order valence-corrected chi connectivity index (χ0v) is 7.69. The van der Waals surface area contributed by atoms with E-state index < -0.39 is 0 Å². The van der Waals surface area contributed by atoms with Crippen LogP contribution in [0.5, 0.6) is 0 Å². The van der Waals surface area contributed by atoms with E-state index in [9.17, 15) is 4.79 Å². The summed E-state index contributed by atoms with van der Waals surface area (Å²) in [6, 6.07) is 9.57. The fourth-order valence-electron chi connectivity index (χ4n) is 1.09. The summed E-state index contributed by atoms with van der Waals surface area (Å²) >= 11 is 0. The van der Waals surface area contributed by atoms with Gasteiger partial charge in [-0.25, -0.2) is 0 Å². The molecule has 0 bridgehead atoms. The molecule has 0 fully saturated rings. The number of carbonyl (C=O) groups excluding carboxylic acids is 1. The predicted molar refractivity (Wildman–Crippen MR) is 50.4 cm³/mol. The van der Waals surface area contributed by atoms with E-state index in [0.29, 0.717) is 0 Å². The lowest BCUT2D eigenvalue weighted by molar-refractivity contribution is 0.0997. The van der Waals surface area contributed by atoms with Gasteiger partial charge in [0.05, 0.1) is 35.8 Å². The van der Waals surface area contributed by atoms with Crippen molar-refractivity contribution in [1.82, 2.24) is 0 Å². The number of benzene rings is 1. The maximum atomic E-state index is 11.3. The highest BCUT2D eigenvalue weighted by Crippen LogP contribution is 2.11. The molecule has 0 aliphatic rings. The first kappa shape index (κ1) is 10.4. The number of rotatable bonds is 2. The van der Waals surface area contributed by atoms with Crippen LogP contribution in [-0.4, -0.2) is 5.78 Å². The van der Waals surface area contributed by atoms with Gasteiger partial charge in [-0.1, -0.05) is 0 Å². The minimum atomic E-state index is -0.383. The molecule has 0 spiro atoms. The summed E-state index contributed by atoms with van der Waals surface area (Å²) < 4.78 is 0. The number of hydrogen-bond donors (Lipinski definition) is 0. The lowest BCUT2D eigenvalue weighted by Crippen LogP contribution is -1.98. The first-order valence-corrected chi connectivity index (χ1v) is 4.06. The number of nitrogens with zero attached hydrogens (tertiary/aromatic N) is 3. The van der Waals surface area contributed by atoms with Crippen LogP contribution < -0.4 is 0 Å². The summed E-state index contributed by atoms with van der Waals surface area (Å²) in [7, 11) is 0. The molecule has 0 N–H and O–H groups in total. The van der Waals surface area contributed by atoms with Gasteiger partial charge >= 0.3 is 0 Å². The monoisotopic (exact) mass is 195 g/mol. The second-order valence-electron chi connectivity index (χ2n) is 2.78. The normalized spacial score (nSPS) is 8.33. The molecular formula is C11H5N3O. The second kappa shape index (κ2) is 4.56. The van der Waals surface area contributed by atoms with E-state index in [2.05, 4.69) is 0 Å². The van der Waals surface area contributed by atoms with Crippen molar-refractivity contribution in [2.75, 3.05) is 0 Å². The molecule has 0 atom stereocenters. The third-order valence-corrected chi connectivity index (χ3v) is 1.75. The van der Waals surface area contributed by atoms with E-state index in [1.54, 1.807) is 6.07 Å². The van der Waals surface area contributed by atoms with Crippen LogP contribution in [0, 0.1) is 34.0 Å². The third-order valence-electron chi connectivity index (χ3n) is 1.75. The van der Waals surface area contributed by atoms with Crippen LogP contribution in [0.4, 0.5) is 0 Å². The number of carbonyl (C=O) groups is 1. The maximum Gasteiger partial charge on any atom is 0.176 e. The fourth-order valence-corrected chi connectivity index (χ4v) is 1.09. The Labute approximate surface area is 86.6 Å². The van der Waals surface area contributed by atoms with Crippen molar-refractivity contribution in [2.45, 2.75) is 6.42 Å². The number of hydrogen-bond acceptors (Lipinski definition) is 4. The number of nitriles is 3. The summed E-state index contributed by atoms with van der Waals surface area (Å²) in [6.07, 6.45) is -0.250. The van der Waals surface area contributed by atoms with Crippen LogP contribution in [0.3, 0.4) is 0 Å². The summed E-state index contributed by atoms with van der Waals surface area (Å²) in [5, 5.41) is 25.7. The summed E-state index contributed by atoms with van der Waals surface area (Å²) in [4.78, 5) is 11.3. The van der Waals surface area contributed by atoms with Gasteiger partial charge in [0.1, 0.15) is 0 Å². The smallest absolute Gasteiger partial charge is 0.176 e. The molecule has 70 valence electrons. The zero-order chi connectivity index (χ0) is 11.3. The Bertz CT molecular complexity index is 494. The molecule has 15 heavy (non-hydrogen) atoms. The molecule has 0 saturated heterocycles. The van der Waals surface area contributed by atoms with Crippen molar-refractivity contribution >= 4 is 5.78 Å². The van der Waals surface area contributed by atoms with Gasteiger partial charge in [-0.05, 0) is 18.2 Å². The lowest BCUT2D eigenvalue weighted by atomic mass is 10.0. The largest absolute Gasteiger partial charge is 0.293 e. The first-order valence-electron chi connectivity index (χ1n) is 4.06. The highest BCUT2D eigenvalue weighted by molar-refractivity contribution is 5.98. The Morgan fingerprint density at radius 3 is 2.00 bits per heavy atom. The zero-order valence-electron chi connectivity index (χ0n) is 7.69. The molecule has 0 aromatic heterocycles. The average molecular weight is 195 g/mol. The third kappa shape index (κ3) is 2.40. The Hall–Kier alpha value is -2.64. The van der Waals surface area contributed by atoms with Crippen molar-refractivity contribution in [3.63, 3.8) is 0 Å². The number of Topliss-reactive ketones (excluding diaryl/α,β-unsaturated/α-hetero) is 1. The topological polar surface area (TPSA) is 88.4 Å². The van der Waals surface area contributed by atoms with Crippen molar-refractivity contribution in [1.29, 1.82) is 15.8 Å². The first-order chi connectivity index (χ1) is 7.21. The van der Waals surface area contributed by atoms with Crippen molar-refractivity contribution in [2.24, 2.45) is 0 Å². The molecule has 0 heterocycles. The Morgan fingerprint density at radius 2 is 1.60 bits per heavy atom. The molecule has 1 aromatic carbocycles. The second-order valence-corrected chi connectivity index (χ2v) is 2.78. The maximum absolute atomic E-state index is 11.3. The molecule has 0 amide bonds. The quantitative estimate of drug-likeness (QED) is 0.669. The summed E-state index contributed by atoms with van der Waals surface area (Å²) in [6.45, 7) is 0. The molecule has 4 nitrogen and oxygen atoms in total. The minimum absolute atomic E-state index is 0.229. The molecule has 0 unspecified atom stereocenters. The molecular weight excluding hydrogens is 190 g/mol. The van der Waals surface area contributed by atoms with Crippen LogP contribution in [0.2, 0.25) is 0 Å². The van der Waals surface area contributed by atoms with Crippen LogP contribution in [0.1, 0.15) is 27.9 Å². The SMILES string of the molecule is N#CCC(=O)c1cc(C#N)cc(C#N)c1. The van der Waals surface area contributed by atoms with Gasteiger partial charge in [-0.2, -0.15) is 15.8 Å². The van der Waals surface area contributed by atoms with Gasteiger partial charge in [0.15, 0.2) is 5.78 Å². The molecule has 0 aliphatic carbocycles. The van der Waals surface area contributed by atoms with Gasteiger partial charge in [0.2, 0.25) is 0 Å². The van der Waals surface area contributed by atoms with E-state index in [4.69, 9.17) is 15.8 Å². The predicted octanol–water partition coefficient (Wildman–Crippen LogP) is 1.53. The molecule has 1 aromatic rings. The Morgan fingerprint density at radius 1 is 1.07 bits per heavy atom. The number of ketones is 1. The van der Waals surface area contributed by atoms with Gasteiger partial charge < -0.3 is 0 Å². The van der Waals surface area contributed by atoms with E-state index in [1.165, 1.54) is 18.2 Å². The van der Waals surface area contributed by atoms with Gasteiger partial charge in [0, 0.05) is 5.56 Å². The van der Waals surface area contributed by atoms with Crippen molar-refractivity contribution < 1.29 is 4.79 Å². The van der Waals surface area contributed by atoms with Crippen molar-refractivity contribution in [3.05, 3.63) is 34.9 Å². The molecule has 1 rings (SSSR count). The van der Waals surface area contributed by atoms with Crippen molar-refractivity contribution in [3.8, 4) is 18.2 Å². The standard InChI is InChI=1S/C11H5N3O/c12-2-1-11(15)10-4-8(6-13)3-9(5-10)7-14/h3-5H,1H2. The van der Waals surface area contributed by atoms with Crippen LogP contribution in [-0.2, 0) is 0 Å². The molecule has 4 heteroatoms. The van der Waals surface area contributed by atoms with Crippen LogP contribution in [0.15, 0.2) is 18.2 Å². The van der Waals surface area contributed by atoms with Crippen LogP contribution in [0.25, 0.3) is 0 Å². The highest BCUT2D eigenvalue weighted by atomic mass is 16.1. The molecule has 0 aliphatic heterocycles. The van der Waals surface area contributed by atoms with Crippen LogP contribution >= 0.6 is 0 Å². The fraction of sp³-hybridized carbons (Fsp3) is 0.0909. The van der Waals surface area contributed by atoms with E-state index in [1.807, 2.05) is 12.1 Å². The molecule has 0 saturated carbocycles. The Kier molecular flexibility index (Phi) is 3.17. The Balaban J connectivity index is 3.22. The summed E-state index contributed by atoms with van der Waals surface area (Å²) in [5.74, 6) is -0.383. The van der Waals surface area contributed by atoms with Gasteiger partial charge in [-0.15, -0.1) is 0 Å².